The van der Waals surface area contributed by atoms with Gasteiger partial charge in [-0.05, 0) is 50.5 Å². The molecule has 4 nitrogen and oxygen atoms in total. The number of nitrogens with one attached hydrogen (secondary N) is 1. The maximum Gasteiger partial charge on any atom is 0.238 e. The van der Waals surface area contributed by atoms with Gasteiger partial charge in [-0.2, -0.15) is 0 Å². The Labute approximate surface area is 95.9 Å². The predicted octanol–water partition coefficient (Wildman–Crippen LogP) is 1.69. The van der Waals surface area contributed by atoms with E-state index in [4.69, 9.17) is 5.14 Å². The first-order chi connectivity index (χ1) is 7.39. The molecule has 5 heteroatoms. The van der Waals surface area contributed by atoms with E-state index in [0.717, 1.165) is 18.5 Å². The lowest BCUT2D eigenvalue weighted by Crippen LogP contribution is -2.41. The fraction of sp³-hybridized carbons (Fsp3) is 0.455. The van der Waals surface area contributed by atoms with Gasteiger partial charge in [-0.15, -0.1) is 0 Å². The van der Waals surface area contributed by atoms with Crippen LogP contribution in [0.4, 0.5) is 5.69 Å². The molecule has 88 valence electrons. The van der Waals surface area contributed by atoms with Gasteiger partial charge in [0.15, 0.2) is 0 Å². The zero-order chi connectivity index (χ0) is 11.8. The van der Waals surface area contributed by atoms with Gasteiger partial charge >= 0.3 is 0 Å². The molecule has 3 N–H and O–H groups in total. The highest BCUT2D eigenvalue weighted by molar-refractivity contribution is 7.89. The van der Waals surface area contributed by atoms with Crippen LogP contribution in [0, 0.1) is 0 Å². The first-order valence-corrected chi connectivity index (χ1v) is 6.85. The predicted molar refractivity (Wildman–Crippen MR) is 63.7 cm³/mol. The molecule has 0 heterocycles. The van der Waals surface area contributed by atoms with Crippen molar-refractivity contribution in [1.29, 1.82) is 0 Å². The number of hydrogen-bond donors (Lipinski definition) is 2. The molecule has 0 aromatic heterocycles. The fourth-order valence-electron chi connectivity index (χ4n) is 1.91. The van der Waals surface area contributed by atoms with Crippen molar-refractivity contribution in [2.75, 3.05) is 5.32 Å². The van der Waals surface area contributed by atoms with Crippen LogP contribution in [0.5, 0.6) is 0 Å². The molecule has 0 amide bonds. The Balaban J connectivity index is 2.14. The van der Waals surface area contributed by atoms with Crippen molar-refractivity contribution in [3.8, 4) is 0 Å². The SMILES string of the molecule is CC1(Nc2ccc(S(N)(=O)=O)cc2)CCC1. The lowest BCUT2D eigenvalue weighted by molar-refractivity contribution is 0.306. The van der Waals surface area contributed by atoms with E-state index in [1.54, 1.807) is 12.1 Å². The molecule has 1 aromatic rings. The van der Waals surface area contributed by atoms with Crippen LogP contribution in [0.3, 0.4) is 0 Å². The summed E-state index contributed by atoms with van der Waals surface area (Å²) in [6.07, 6.45) is 3.56. The average molecular weight is 240 g/mol. The standard InChI is InChI=1S/C11H16N2O2S/c1-11(7-2-8-11)13-9-3-5-10(6-4-9)16(12,14)15/h3-6,13H,2,7-8H2,1H3,(H2,12,14,15). The van der Waals surface area contributed by atoms with Gasteiger partial charge in [-0.3, -0.25) is 0 Å². The van der Waals surface area contributed by atoms with Crippen molar-refractivity contribution in [1.82, 2.24) is 0 Å². The Morgan fingerprint density at radius 1 is 1.25 bits per heavy atom. The van der Waals surface area contributed by atoms with E-state index in [9.17, 15) is 8.42 Å². The molecule has 0 aliphatic heterocycles. The molecule has 0 saturated heterocycles. The largest absolute Gasteiger partial charge is 0.380 e. The molecule has 1 fully saturated rings. The summed E-state index contributed by atoms with van der Waals surface area (Å²) in [5.41, 5.74) is 1.11. The highest BCUT2D eigenvalue weighted by atomic mass is 32.2. The minimum atomic E-state index is -3.58. The van der Waals surface area contributed by atoms with E-state index < -0.39 is 10.0 Å². The van der Waals surface area contributed by atoms with Gasteiger partial charge in [0.05, 0.1) is 4.90 Å². The molecule has 0 bridgehead atoms. The smallest absolute Gasteiger partial charge is 0.238 e. The number of rotatable bonds is 3. The van der Waals surface area contributed by atoms with Gasteiger partial charge in [0.1, 0.15) is 0 Å². The molecule has 1 aliphatic carbocycles. The summed E-state index contributed by atoms with van der Waals surface area (Å²) in [5.74, 6) is 0. The van der Waals surface area contributed by atoms with Crippen LogP contribution in [-0.2, 0) is 10.0 Å². The molecule has 2 rings (SSSR count). The Hall–Kier alpha value is -1.07. The quantitative estimate of drug-likeness (QED) is 0.844. The second-order valence-electron chi connectivity index (χ2n) is 4.61. The number of sulfonamides is 1. The highest BCUT2D eigenvalue weighted by Gasteiger charge is 2.31. The molecule has 0 unspecified atom stereocenters. The summed E-state index contributed by atoms with van der Waals surface area (Å²) >= 11 is 0. The fourth-order valence-corrected chi connectivity index (χ4v) is 2.42. The summed E-state index contributed by atoms with van der Waals surface area (Å²) in [5, 5.41) is 8.42. The Bertz CT molecular complexity index is 475. The molecule has 0 spiro atoms. The molecule has 0 atom stereocenters. The van der Waals surface area contributed by atoms with Gasteiger partial charge in [0, 0.05) is 11.2 Å². The summed E-state index contributed by atoms with van der Waals surface area (Å²) in [6, 6.07) is 6.56. The van der Waals surface area contributed by atoms with Crippen molar-refractivity contribution in [3.63, 3.8) is 0 Å². The van der Waals surface area contributed by atoms with Gasteiger partial charge < -0.3 is 5.32 Å². The van der Waals surface area contributed by atoms with Gasteiger partial charge in [-0.25, -0.2) is 13.6 Å². The lowest BCUT2D eigenvalue weighted by Gasteiger charge is -2.40. The third-order valence-electron chi connectivity index (χ3n) is 3.09. The molecule has 1 aromatic carbocycles. The summed E-state index contributed by atoms with van der Waals surface area (Å²) in [4.78, 5) is 0.150. The van der Waals surface area contributed by atoms with E-state index >= 15 is 0 Å². The molecule has 1 saturated carbocycles. The zero-order valence-electron chi connectivity index (χ0n) is 9.23. The second-order valence-corrected chi connectivity index (χ2v) is 6.17. The number of nitrogens with two attached hydrogens (primary N) is 1. The molecule has 1 aliphatic rings. The minimum Gasteiger partial charge on any atom is -0.380 e. The van der Waals surface area contributed by atoms with Gasteiger partial charge in [0.25, 0.3) is 0 Å². The monoisotopic (exact) mass is 240 g/mol. The molecule has 16 heavy (non-hydrogen) atoms. The normalized spacial score (nSPS) is 18.9. The van der Waals surface area contributed by atoms with E-state index in [1.165, 1.54) is 18.6 Å². The molecular formula is C11H16N2O2S. The topological polar surface area (TPSA) is 72.2 Å². The highest BCUT2D eigenvalue weighted by Crippen LogP contribution is 2.34. The summed E-state index contributed by atoms with van der Waals surface area (Å²) in [7, 11) is -3.58. The van der Waals surface area contributed by atoms with Crippen LogP contribution >= 0.6 is 0 Å². The Morgan fingerprint density at radius 2 is 1.81 bits per heavy atom. The number of anilines is 1. The third kappa shape index (κ3) is 2.36. The number of hydrogen-bond acceptors (Lipinski definition) is 3. The van der Waals surface area contributed by atoms with Crippen LogP contribution in [-0.4, -0.2) is 14.0 Å². The maximum atomic E-state index is 11.1. The van der Waals surface area contributed by atoms with Crippen molar-refractivity contribution < 1.29 is 8.42 Å². The van der Waals surface area contributed by atoms with Gasteiger partial charge in [0.2, 0.25) is 10.0 Å². The van der Waals surface area contributed by atoms with Crippen LogP contribution in [0.1, 0.15) is 26.2 Å². The van der Waals surface area contributed by atoms with E-state index in [0.29, 0.717) is 0 Å². The van der Waals surface area contributed by atoms with Crippen molar-refractivity contribution >= 4 is 15.7 Å². The maximum absolute atomic E-state index is 11.1. The Morgan fingerprint density at radius 3 is 2.19 bits per heavy atom. The lowest BCUT2D eigenvalue weighted by atomic mass is 9.78. The van der Waals surface area contributed by atoms with Crippen molar-refractivity contribution in [2.24, 2.45) is 5.14 Å². The number of benzene rings is 1. The summed E-state index contributed by atoms with van der Waals surface area (Å²) < 4.78 is 22.1. The van der Waals surface area contributed by atoms with Crippen LogP contribution < -0.4 is 10.5 Å². The first-order valence-electron chi connectivity index (χ1n) is 5.30. The minimum absolute atomic E-state index is 0.150. The van der Waals surface area contributed by atoms with Crippen LogP contribution in [0.15, 0.2) is 29.2 Å². The average Bonchev–Trinajstić information content (AvgIpc) is 2.15. The van der Waals surface area contributed by atoms with Crippen LogP contribution in [0.2, 0.25) is 0 Å². The molecule has 0 radical (unpaired) electrons. The summed E-state index contributed by atoms with van der Waals surface area (Å²) in [6.45, 7) is 2.17. The first kappa shape index (κ1) is 11.4. The second kappa shape index (κ2) is 3.75. The molecular weight excluding hydrogens is 224 g/mol. The number of primary sulfonamides is 1. The van der Waals surface area contributed by atoms with E-state index in [-0.39, 0.29) is 10.4 Å². The van der Waals surface area contributed by atoms with Crippen LogP contribution in [0.25, 0.3) is 0 Å². The van der Waals surface area contributed by atoms with Crippen molar-refractivity contribution in [2.45, 2.75) is 36.6 Å². The van der Waals surface area contributed by atoms with Crippen molar-refractivity contribution in [3.05, 3.63) is 24.3 Å². The third-order valence-corrected chi connectivity index (χ3v) is 4.02. The Kier molecular flexibility index (Phi) is 2.67. The van der Waals surface area contributed by atoms with Gasteiger partial charge in [-0.1, -0.05) is 0 Å². The zero-order valence-corrected chi connectivity index (χ0v) is 10.0. The van der Waals surface area contributed by atoms with E-state index in [2.05, 4.69) is 12.2 Å². The van der Waals surface area contributed by atoms with E-state index in [1.807, 2.05) is 0 Å².